The van der Waals surface area contributed by atoms with E-state index in [9.17, 15) is 8.42 Å². The average molecular weight is 342 g/mol. The van der Waals surface area contributed by atoms with Crippen LogP contribution in [-0.2, 0) is 29.2 Å². The number of aryl methyl sites for hydroxylation is 2. The Balaban J connectivity index is 1.64. The van der Waals surface area contributed by atoms with E-state index in [1.54, 1.807) is 0 Å². The standard InChI is InChI=1S/C19H22N2O2S/c1-15-6-5-7-16(12-15)14-24(22,23)20-11-10-17-13-21(2)19-9-4-3-8-18(17)19/h3-9,12-13,20H,10-11,14H2,1-2H3. The van der Waals surface area contributed by atoms with Gasteiger partial charge in [-0.1, -0.05) is 48.0 Å². The molecule has 0 saturated heterocycles. The minimum Gasteiger partial charge on any atom is -0.350 e. The van der Waals surface area contributed by atoms with Crippen LogP contribution in [0.4, 0.5) is 0 Å². The number of sulfonamides is 1. The van der Waals surface area contributed by atoms with Gasteiger partial charge in [-0.15, -0.1) is 0 Å². The minimum atomic E-state index is -3.32. The van der Waals surface area contributed by atoms with Gasteiger partial charge in [0.25, 0.3) is 0 Å². The SMILES string of the molecule is Cc1cccc(CS(=O)(=O)NCCc2cn(C)c3ccccc23)c1. The zero-order valence-corrected chi connectivity index (χ0v) is 14.8. The first kappa shape index (κ1) is 16.7. The molecule has 126 valence electrons. The van der Waals surface area contributed by atoms with Gasteiger partial charge in [-0.3, -0.25) is 0 Å². The van der Waals surface area contributed by atoms with E-state index in [2.05, 4.69) is 27.6 Å². The maximum Gasteiger partial charge on any atom is 0.215 e. The van der Waals surface area contributed by atoms with Crippen LogP contribution in [0.2, 0.25) is 0 Å². The molecule has 0 atom stereocenters. The van der Waals surface area contributed by atoms with Crippen molar-refractivity contribution in [3.63, 3.8) is 0 Å². The van der Waals surface area contributed by atoms with Crippen LogP contribution in [0.3, 0.4) is 0 Å². The molecule has 4 nitrogen and oxygen atoms in total. The maximum atomic E-state index is 12.3. The molecule has 3 rings (SSSR count). The van der Waals surface area contributed by atoms with E-state index >= 15 is 0 Å². The average Bonchev–Trinajstić information content (AvgIpc) is 2.84. The molecule has 24 heavy (non-hydrogen) atoms. The van der Waals surface area contributed by atoms with Gasteiger partial charge in [0.15, 0.2) is 0 Å². The highest BCUT2D eigenvalue weighted by molar-refractivity contribution is 7.88. The molecule has 1 aromatic heterocycles. The Morgan fingerprint density at radius 2 is 1.88 bits per heavy atom. The van der Waals surface area contributed by atoms with Crippen molar-refractivity contribution in [3.05, 3.63) is 71.4 Å². The zero-order chi connectivity index (χ0) is 17.2. The fourth-order valence-electron chi connectivity index (χ4n) is 3.04. The highest BCUT2D eigenvalue weighted by atomic mass is 32.2. The molecule has 0 aliphatic carbocycles. The predicted molar refractivity (Wildman–Crippen MR) is 98.4 cm³/mol. The molecule has 1 N–H and O–H groups in total. The van der Waals surface area contributed by atoms with Gasteiger partial charge in [-0.25, -0.2) is 13.1 Å². The topological polar surface area (TPSA) is 51.1 Å². The summed E-state index contributed by atoms with van der Waals surface area (Å²) in [5.74, 6) is 0.0181. The van der Waals surface area contributed by atoms with Crippen molar-refractivity contribution >= 4 is 20.9 Å². The first-order valence-corrected chi connectivity index (χ1v) is 9.66. The van der Waals surface area contributed by atoms with Crippen LogP contribution in [0, 0.1) is 6.92 Å². The maximum absolute atomic E-state index is 12.3. The molecular formula is C19H22N2O2S. The number of para-hydroxylation sites is 1. The Morgan fingerprint density at radius 3 is 2.67 bits per heavy atom. The first-order valence-electron chi connectivity index (χ1n) is 8.00. The Morgan fingerprint density at radius 1 is 1.08 bits per heavy atom. The molecule has 0 saturated carbocycles. The Labute approximate surface area is 143 Å². The number of fused-ring (bicyclic) bond motifs is 1. The van der Waals surface area contributed by atoms with E-state index in [0.717, 1.165) is 22.2 Å². The number of hydrogen-bond donors (Lipinski definition) is 1. The van der Waals surface area contributed by atoms with Crippen molar-refractivity contribution in [2.45, 2.75) is 19.1 Å². The Bertz CT molecular complexity index is 958. The number of aromatic nitrogens is 1. The van der Waals surface area contributed by atoms with Crippen LogP contribution >= 0.6 is 0 Å². The monoisotopic (exact) mass is 342 g/mol. The van der Waals surface area contributed by atoms with Crippen LogP contribution in [-0.4, -0.2) is 19.5 Å². The second-order valence-corrected chi connectivity index (χ2v) is 7.98. The normalized spacial score (nSPS) is 11.9. The van der Waals surface area contributed by atoms with Gasteiger partial charge in [0.1, 0.15) is 0 Å². The van der Waals surface area contributed by atoms with Gasteiger partial charge in [0, 0.05) is 30.7 Å². The van der Waals surface area contributed by atoms with Gasteiger partial charge in [-0.05, 0) is 30.5 Å². The number of benzene rings is 2. The number of nitrogens with one attached hydrogen (secondary N) is 1. The second-order valence-electron chi connectivity index (χ2n) is 6.17. The Kier molecular flexibility index (Phi) is 4.73. The number of rotatable bonds is 6. The smallest absolute Gasteiger partial charge is 0.215 e. The summed E-state index contributed by atoms with van der Waals surface area (Å²) in [5.41, 5.74) is 4.20. The van der Waals surface area contributed by atoms with Crippen LogP contribution in [0.5, 0.6) is 0 Å². The van der Waals surface area contributed by atoms with E-state index in [-0.39, 0.29) is 5.75 Å². The zero-order valence-electron chi connectivity index (χ0n) is 14.0. The second kappa shape index (κ2) is 6.79. The summed E-state index contributed by atoms with van der Waals surface area (Å²) in [5, 5.41) is 1.18. The van der Waals surface area contributed by atoms with Crippen LogP contribution in [0.25, 0.3) is 10.9 Å². The summed E-state index contributed by atoms with van der Waals surface area (Å²) in [6, 6.07) is 15.8. The lowest BCUT2D eigenvalue weighted by Gasteiger charge is -2.07. The molecule has 0 bridgehead atoms. The van der Waals surface area contributed by atoms with E-state index < -0.39 is 10.0 Å². The van der Waals surface area contributed by atoms with Gasteiger partial charge in [0.05, 0.1) is 5.75 Å². The highest BCUT2D eigenvalue weighted by Gasteiger charge is 2.12. The summed E-state index contributed by atoms with van der Waals surface area (Å²) >= 11 is 0. The first-order chi connectivity index (χ1) is 11.4. The molecule has 0 spiro atoms. The molecule has 5 heteroatoms. The molecule has 0 unspecified atom stereocenters. The van der Waals surface area contributed by atoms with Gasteiger partial charge >= 0.3 is 0 Å². The van der Waals surface area contributed by atoms with Crippen LogP contribution in [0.1, 0.15) is 16.7 Å². The molecule has 0 aliphatic rings. The Hall–Kier alpha value is -2.11. The highest BCUT2D eigenvalue weighted by Crippen LogP contribution is 2.20. The number of hydrogen-bond acceptors (Lipinski definition) is 2. The van der Waals surface area contributed by atoms with Crippen molar-refractivity contribution in [1.29, 1.82) is 0 Å². The fourth-order valence-corrected chi connectivity index (χ4v) is 4.17. The van der Waals surface area contributed by atoms with Crippen molar-refractivity contribution in [2.24, 2.45) is 7.05 Å². The van der Waals surface area contributed by atoms with E-state index in [1.165, 1.54) is 5.39 Å². The van der Waals surface area contributed by atoms with Gasteiger partial charge in [0.2, 0.25) is 10.0 Å². The molecule has 0 amide bonds. The molecule has 2 aromatic carbocycles. The van der Waals surface area contributed by atoms with E-state index in [0.29, 0.717) is 13.0 Å². The fraction of sp³-hybridized carbons (Fsp3) is 0.263. The summed E-state index contributed by atoms with van der Waals surface area (Å²) in [6.45, 7) is 2.37. The third kappa shape index (κ3) is 3.86. The van der Waals surface area contributed by atoms with Crippen molar-refractivity contribution in [2.75, 3.05) is 6.54 Å². The van der Waals surface area contributed by atoms with Crippen molar-refractivity contribution in [1.82, 2.24) is 9.29 Å². The quantitative estimate of drug-likeness (QED) is 0.748. The summed E-state index contributed by atoms with van der Waals surface area (Å²) < 4.78 is 29.3. The summed E-state index contributed by atoms with van der Waals surface area (Å²) in [7, 11) is -1.32. The van der Waals surface area contributed by atoms with E-state index in [1.807, 2.05) is 50.4 Å². The van der Waals surface area contributed by atoms with Gasteiger partial charge < -0.3 is 4.57 Å². The molecule has 3 aromatic rings. The molecular weight excluding hydrogens is 320 g/mol. The van der Waals surface area contributed by atoms with Gasteiger partial charge in [-0.2, -0.15) is 0 Å². The molecule has 1 heterocycles. The molecule has 0 aliphatic heterocycles. The summed E-state index contributed by atoms with van der Waals surface area (Å²) in [6.07, 6.45) is 2.74. The predicted octanol–water partition coefficient (Wildman–Crippen LogP) is 3.15. The lowest BCUT2D eigenvalue weighted by molar-refractivity contribution is 0.581. The van der Waals surface area contributed by atoms with Crippen molar-refractivity contribution < 1.29 is 8.42 Å². The largest absolute Gasteiger partial charge is 0.350 e. The summed E-state index contributed by atoms with van der Waals surface area (Å²) in [4.78, 5) is 0. The lowest BCUT2D eigenvalue weighted by atomic mass is 10.1. The third-order valence-corrected chi connectivity index (χ3v) is 5.49. The number of nitrogens with zero attached hydrogens (tertiary/aromatic N) is 1. The lowest BCUT2D eigenvalue weighted by Crippen LogP contribution is -2.27. The van der Waals surface area contributed by atoms with E-state index in [4.69, 9.17) is 0 Å². The van der Waals surface area contributed by atoms with Crippen molar-refractivity contribution in [3.8, 4) is 0 Å². The minimum absolute atomic E-state index is 0.0181. The molecule has 0 fully saturated rings. The molecule has 0 radical (unpaired) electrons. The van der Waals surface area contributed by atoms with Crippen LogP contribution in [0.15, 0.2) is 54.7 Å². The van der Waals surface area contributed by atoms with Crippen LogP contribution < -0.4 is 4.72 Å². The third-order valence-electron chi connectivity index (χ3n) is 4.13.